The molecule has 1 saturated heterocycles. The van der Waals surface area contributed by atoms with Gasteiger partial charge in [0.2, 0.25) is 0 Å². The van der Waals surface area contributed by atoms with E-state index in [-0.39, 0.29) is 11.9 Å². The fourth-order valence-electron chi connectivity index (χ4n) is 3.11. The summed E-state index contributed by atoms with van der Waals surface area (Å²) in [5.41, 5.74) is 5.92. The molecule has 1 aromatic heterocycles. The van der Waals surface area contributed by atoms with Gasteiger partial charge in [-0.05, 0) is 50.9 Å². The van der Waals surface area contributed by atoms with Gasteiger partial charge in [-0.25, -0.2) is 0 Å². The molecule has 6 nitrogen and oxygen atoms in total. The molecule has 0 radical (unpaired) electrons. The van der Waals surface area contributed by atoms with Crippen molar-refractivity contribution in [2.75, 3.05) is 19.6 Å². The van der Waals surface area contributed by atoms with E-state index in [1.165, 1.54) is 6.07 Å². The van der Waals surface area contributed by atoms with Crippen LogP contribution in [0.15, 0.2) is 16.5 Å². The van der Waals surface area contributed by atoms with E-state index in [1.54, 1.807) is 6.07 Å². The van der Waals surface area contributed by atoms with Gasteiger partial charge in [0, 0.05) is 0 Å². The van der Waals surface area contributed by atoms with Crippen LogP contribution in [-0.2, 0) is 0 Å². The van der Waals surface area contributed by atoms with Crippen LogP contribution in [0.2, 0.25) is 0 Å². The molecule has 0 aromatic carbocycles. The Balaban J connectivity index is 2.29. The van der Waals surface area contributed by atoms with E-state index < -0.39 is 4.92 Å². The summed E-state index contributed by atoms with van der Waals surface area (Å²) in [5.74, 6) is 0.800. The monoisotopic (exact) mass is 281 g/mol. The van der Waals surface area contributed by atoms with Crippen LogP contribution in [0, 0.1) is 16.0 Å². The molecule has 0 amide bonds. The van der Waals surface area contributed by atoms with Crippen LogP contribution in [0.4, 0.5) is 5.88 Å². The van der Waals surface area contributed by atoms with Crippen molar-refractivity contribution in [3.63, 3.8) is 0 Å². The molecule has 2 atom stereocenters. The molecular weight excluding hydrogens is 258 g/mol. The number of nitro groups is 1. The molecule has 2 N–H and O–H groups in total. The minimum absolute atomic E-state index is 0.0659. The van der Waals surface area contributed by atoms with Crippen LogP contribution >= 0.6 is 0 Å². The molecule has 20 heavy (non-hydrogen) atoms. The molecule has 2 unspecified atom stereocenters. The number of likely N-dealkylation sites (tertiary alicyclic amines) is 1. The van der Waals surface area contributed by atoms with Gasteiger partial charge in [-0.3, -0.25) is 15.0 Å². The van der Waals surface area contributed by atoms with E-state index >= 15 is 0 Å². The first-order valence-corrected chi connectivity index (χ1v) is 7.35. The number of nitrogens with zero attached hydrogens (tertiary/aromatic N) is 2. The first-order valence-electron chi connectivity index (χ1n) is 7.35. The number of furan rings is 1. The van der Waals surface area contributed by atoms with Gasteiger partial charge in [-0.1, -0.05) is 13.3 Å². The van der Waals surface area contributed by atoms with Crippen molar-refractivity contribution in [1.82, 2.24) is 4.90 Å². The molecule has 1 fully saturated rings. The van der Waals surface area contributed by atoms with Crippen LogP contribution in [0.1, 0.15) is 44.4 Å². The molecule has 2 rings (SSSR count). The lowest BCUT2D eigenvalue weighted by Gasteiger charge is -2.32. The lowest BCUT2D eigenvalue weighted by Crippen LogP contribution is -2.36. The average Bonchev–Trinajstić information content (AvgIpc) is 2.82. The molecule has 0 bridgehead atoms. The van der Waals surface area contributed by atoms with Gasteiger partial charge in [0.05, 0.1) is 12.1 Å². The SMILES string of the molecule is CCCN1CCCCC(CN)C1c1ccc([N+](=O)[O-])o1. The largest absolute Gasteiger partial charge is 0.433 e. The maximum absolute atomic E-state index is 10.8. The maximum atomic E-state index is 10.8. The predicted octanol–water partition coefficient (Wildman–Crippen LogP) is 2.70. The van der Waals surface area contributed by atoms with Crippen molar-refractivity contribution in [2.45, 2.75) is 38.6 Å². The van der Waals surface area contributed by atoms with Gasteiger partial charge in [0.15, 0.2) is 0 Å². The third-order valence-corrected chi connectivity index (χ3v) is 4.01. The summed E-state index contributed by atoms with van der Waals surface area (Å²) in [4.78, 5) is 12.7. The van der Waals surface area contributed by atoms with Gasteiger partial charge in [0.1, 0.15) is 10.7 Å². The van der Waals surface area contributed by atoms with Gasteiger partial charge < -0.3 is 10.2 Å². The first-order chi connectivity index (χ1) is 9.67. The van der Waals surface area contributed by atoms with Crippen molar-refractivity contribution in [3.05, 3.63) is 28.0 Å². The Labute approximate surface area is 119 Å². The zero-order chi connectivity index (χ0) is 14.5. The van der Waals surface area contributed by atoms with Gasteiger partial charge in [-0.15, -0.1) is 0 Å². The third-order valence-electron chi connectivity index (χ3n) is 4.01. The van der Waals surface area contributed by atoms with Crippen LogP contribution < -0.4 is 5.73 Å². The normalized spacial score (nSPS) is 24.5. The van der Waals surface area contributed by atoms with Gasteiger partial charge in [-0.2, -0.15) is 0 Å². The van der Waals surface area contributed by atoms with Crippen molar-refractivity contribution in [3.8, 4) is 0 Å². The summed E-state index contributed by atoms with van der Waals surface area (Å²) in [6, 6.07) is 3.24. The highest BCUT2D eigenvalue weighted by Gasteiger charge is 2.33. The Morgan fingerprint density at radius 3 is 2.90 bits per heavy atom. The zero-order valence-electron chi connectivity index (χ0n) is 12.0. The zero-order valence-corrected chi connectivity index (χ0v) is 12.0. The van der Waals surface area contributed by atoms with E-state index in [9.17, 15) is 10.1 Å². The number of hydrogen-bond donors (Lipinski definition) is 1. The number of nitrogens with two attached hydrogens (primary N) is 1. The Morgan fingerprint density at radius 2 is 2.30 bits per heavy atom. The van der Waals surface area contributed by atoms with Crippen LogP contribution in [0.25, 0.3) is 0 Å². The lowest BCUT2D eigenvalue weighted by molar-refractivity contribution is -0.402. The highest BCUT2D eigenvalue weighted by Crippen LogP contribution is 2.36. The fraction of sp³-hybridized carbons (Fsp3) is 0.714. The summed E-state index contributed by atoms with van der Waals surface area (Å²) < 4.78 is 5.45. The van der Waals surface area contributed by atoms with Gasteiger partial charge >= 0.3 is 5.88 Å². The maximum Gasteiger partial charge on any atom is 0.433 e. The molecule has 1 aliphatic heterocycles. The van der Waals surface area contributed by atoms with E-state index in [0.717, 1.165) is 38.8 Å². The summed E-state index contributed by atoms with van der Waals surface area (Å²) in [6.07, 6.45) is 4.41. The molecule has 112 valence electrons. The summed E-state index contributed by atoms with van der Waals surface area (Å²) in [5, 5.41) is 10.8. The molecule has 1 aliphatic rings. The second-order valence-electron chi connectivity index (χ2n) is 5.41. The van der Waals surface area contributed by atoms with Crippen molar-refractivity contribution in [1.29, 1.82) is 0 Å². The molecule has 2 heterocycles. The lowest BCUT2D eigenvalue weighted by atomic mass is 9.93. The van der Waals surface area contributed by atoms with Gasteiger partial charge in [0.25, 0.3) is 0 Å². The highest BCUT2D eigenvalue weighted by atomic mass is 16.6. The minimum Gasteiger partial charge on any atom is -0.404 e. The first kappa shape index (κ1) is 15.0. The van der Waals surface area contributed by atoms with Crippen LogP contribution in [0.3, 0.4) is 0 Å². The summed E-state index contributed by atoms with van der Waals surface area (Å²) in [6.45, 7) is 4.70. The van der Waals surface area contributed by atoms with E-state index in [0.29, 0.717) is 18.2 Å². The Kier molecular flexibility index (Phi) is 5.14. The van der Waals surface area contributed by atoms with Crippen LogP contribution in [0.5, 0.6) is 0 Å². The predicted molar refractivity (Wildman–Crippen MR) is 76.4 cm³/mol. The molecule has 0 spiro atoms. The topological polar surface area (TPSA) is 85.5 Å². The summed E-state index contributed by atoms with van der Waals surface area (Å²) >= 11 is 0. The van der Waals surface area contributed by atoms with Crippen molar-refractivity contribution in [2.24, 2.45) is 11.7 Å². The molecular formula is C14H23N3O3. The average molecular weight is 281 g/mol. The fourth-order valence-corrected chi connectivity index (χ4v) is 3.11. The Morgan fingerprint density at radius 1 is 1.50 bits per heavy atom. The minimum atomic E-state index is -0.484. The number of hydrogen-bond acceptors (Lipinski definition) is 5. The van der Waals surface area contributed by atoms with Crippen molar-refractivity contribution >= 4 is 5.88 Å². The smallest absolute Gasteiger partial charge is 0.404 e. The van der Waals surface area contributed by atoms with E-state index in [2.05, 4.69) is 11.8 Å². The third kappa shape index (κ3) is 3.19. The Hall–Kier alpha value is -1.40. The molecule has 6 heteroatoms. The second kappa shape index (κ2) is 6.85. The highest BCUT2D eigenvalue weighted by molar-refractivity contribution is 5.20. The Bertz CT molecular complexity index is 447. The van der Waals surface area contributed by atoms with Crippen LogP contribution in [-0.4, -0.2) is 29.5 Å². The number of rotatable bonds is 5. The summed E-state index contributed by atoms with van der Waals surface area (Å²) in [7, 11) is 0. The molecule has 1 aromatic rings. The quantitative estimate of drug-likeness (QED) is 0.662. The molecule has 0 saturated carbocycles. The van der Waals surface area contributed by atoms with E-state index in [4.69, 9.17) is 10.2 Å². The van der Waals surface area contributed by atoms with Crippen molar-refractivity contribution < 1.29 is 9.34 Å². The molecule has 0 aliphatic carbocycles. The second-order valence-corrected chi connectivity index (χ2v) is 5.41. The van der Waals surface area contributed by atoms with E-state index in [1.807, 2.05) is 0 Å². The standard InChI is InChI=1S/C14H23N3O3/c1-2-8-16-9-4-3-5-11(10-15)14(16)12-6-7-13(20-12)17(18)19/h6-7,11,14H,2-5,8-10,15H2,1H3.